The van der Waals surface area contributed by atoms with Crippen LogP contribution < -0.4 is 14.4 Å². The van der Waals surface area contributed by atoms with Crippen molar-refractivity contribution in [3.05, 3.63) is 23.8 Å². The van der Waals surface area contributed by atoms with Crippen molar-refractivity contribution in [2.75, 3.05) is 33.0 Å². The zero-order valence-corrected chi connectivity index (χ0v) is 15.9. The highest BCUT2D eigenvalue weighted by atomic mass is 16.7. The van der Waals surface area contributed by atoms with Gasteiger partial charge in [-0.05, 0) is 55.2 Å². The molecule has 1 saturated heterocycles. The lowest BCUT2D eigenvalue weighted by Gasteiger charge is -2.59. The number of hydrogen-bond donors (Lipinski definition) is 1. The Morgan fingerprint density at radius 3 is 2.26 bits per heavy atom. The zero-order valence-electron chi connectivity index (χ0n) is 15.9. The van der Waals surface area contributed by atoms with Gasteiger partial charge in [0.1, 0.15) is 0 Å². The van der Waals surface area contributed by atoms with Crippen molar-refractivity contribution < 1.29 is 19.2 Å². The normalized spacial score (nSPS) is 37.0. The summed E-state index contributed by atoms with van der Waals surface area (Å²) in [4.78, 5) is 16.8. The molecule has 5 heteroatoms. The third-order valence-corrected chi connectivity index (χ3v) is 8.06. The van der Waals surface area contributed by atoms with Crippen molar-refractivity contribution in [2.24, 2.45) is 17.8 Å². The van der Waals surface area contributed by atoms with Crippen LogP contribution >= 0.6 is 0 Å². The Morgan fingerprint density at radius 2 is 1.59 bits per heavy atom. The number of benzene rings is 1. The average Bonchev–Trinajstić information content (AvgIpc) is 3.14. The predicted octanol–water partition coefficient (Wildman–Crippen LogP) is 1.72. The number of piperazine rings is 1. The lowest BCUT2D eigenvalue weighted by Crippen LogP contribution is -3.23. The topological polar surface area (TPSA) is 43.2 Å². The van der Waals surface area contributed by atoms with Crippen LogP contribution in [0.5, 0.6) is 11.5 Å². The fourth-order valence-corrected chi connectivity index (χ4v) is 7.27. The van der Waals surface area contributed by atoms with E-state index < -0.39 is 0 Å². The first-order chi connectivity index (χ1) is 13.2. The molecule has 5 fully saturated rings. The van der Waals surface area contributed by atoms with E-state index in [0.717, 1.165) is 55.2 Å². The summed E-state index contributed by atoms with van der Waals surface area (Å²) in [6, 6.07) is 5.56. The molecule has 4 saturated carbocycles. The minimum absolute atomic E-state index is 0.137. The van der Waals surface area contributed by atoms with Crippen LogP contribution in [0.2, 0.25) is 0 Å². The van der Waals surface area contributed by atoms with Gasteiger partial charge in [0.05, 0.1) is 31.7 Å². The van der Waals surface area contributed by atoms with Crippen LogP contribution in [-0.2, 0) is 0 Å². The molecule has 2 aliphatic heterocycles. The first-order valence-electron chi connectivity index (χ1n) is 10.7. The Hall–Kier alpha value is -1.75. The number of carbonyl (C=O) groups excluding carboxylic acids is 1. The summed E-state index contributed by atoms with van der Waals surface area (Å²) in [7, 11) is 0. The van der Waals surface area contributed by atoms with Gasteiger partial charge in [-0.25, -0.2) is 0 Å². The van der Waals surface area contributed by atoms with Gasteiger partial charge in [-0.3, -0.25) is 4.79 Å². The molecule has 0 aromatic heterocycles. The Bertz CT molecular complexity index is 734. The molecule has 1 amide bonds. The molecule has 2 heterocycles. The number of nitrogens with zero attached hydrogens (tertiary/aromatic N) is 1. The molecule has 5 nitrogen and oxygen atoms in total. The number of rotatable bonds is 2. The van der Waals surface area contributed by atoms with Crippen molar-refractivity contribution in [2.45, 2.75) is 44.1 Å². The molecule has 1 aromatic carbocycles. The van der Waals surface area contributed by atoms with Crippen LogP contribution in [0.3, 0.4) is 0 Å². The number of carbonyl (C=O) groups is 1. The van der Waals surface area contributed by atoms with E-state index in [-0.39, 0.29) is 12.7 Å². The van der Waals surface area contributed by atoms with E-state index in [4.69, 9.17) is 9.47 Å². The molecule has 27 heavy (non-hydrogen) atoms. The van der Waals surface area contributed by atoms with Gasteiger partial charge in [0.25, 0.3) is 5.91 Å². The van der Waals surface area contributed by atoms with E-state index in [0.29, 0.717) is 11.3 Å². The Balaban J connectivity index is 1.14. The number of quaternary nitrogens is 1. The number of nitrogens with one attached hydrogen (secondary N) is 1. The van der Waals surface area contributed by atoms with E-state index in [1.807, 2.05) is 23.1 Å². The van der Waals surface area contributed by atoms with Gasteiger partial charge >= 0.3 is 0 Å². The van der Waals surface area contributed by atoms with Crippen LogP contribution in [0.1, 0.15) is 48.9 Å². The zero-order chi connectivity index (χ0) is 18.0. The Morgan fingerprint density at radius 1 is 0.963 bits per heavy atom. The molecule has 0 radical (unpaired) electrons. The minimum atomic E-state index is 0.137. The number of amides is 1. The Kier molecular flexibility index (Phi) is 3.53. The first-order valence-corrected chi connectivity index (χ1v) is 10.7. The lowest BCUT2D eigenvalue weighted by atomic mass is 9.52. The van der Waals surface area contributed by atoms with Gasteiger partial charge in [0, 0.05) is 24.8 Å². The summed E-state index contributed by atoms with van der Waals surface area (Å²) in [6.45, 7) is 4.24. The fraction of sp³-hybridized carbons (Fsp3) is 0.682. The first kappa shape index (κ1) is 16.2. The predicted molar refractivity (Wildman–Crippen MR) is 100 cm³/mol. The molecule has 6 aliphatic rings. The van der Waals surface area contributed by atoms with Crippen molar-refractivity contribution in [1.29, 1.82) is 0 Å². The smallest absolute Gasteiger partial charge is 0.254 e. The standard InChI is InChI=1S/C22H28N2O3/c25-21(18-1-2-19-20(10-18)27-14-26-19)23-3-5-24(6-4-23)22-11-15-7-16(12-22)9-17(8-15)13-22/h1-2,10,15-17H,3-9,11-14H2/p+1. The maximum atomic E-state index is 13.0. The van der Waals surface area contributed by atoms with Crippen molar-refractivity contribution in [3.63, 3.8) is 0 Å². The van der Waals surface area contributed by atoms with Crippen LogP contribution in [0, 0.1) is 17.8 Å². The summed E-state index contributed by atoms with van der Waals surface area (Å²) in [5.74, 6) is 4.56. The molecule has 0 unspecified atom stereocenters. The van der Waals surface area contributed by atoms with E-state index in [1.165, 1.54) is 38.5 Å². The number of hydrogen-bond acceptors (Lipinski definition) is 3. The van der Waals surface area contributed by atoms with Crippen molar-refractivity contribution >= 4 is 5.91 Å². The summed E-state index contributed by atoms with van der Waals surface area (Å²) < 4.78 is 10.8. The SMILES string of the molecule is O=C(c1ccc2c(c1)OCO2)N1CC[NH+](C23CC4CC(CC(C4)C2)C3)CC1. The summed E-state index contributed by atoms with van der Waals surface area (Å²) in [5, 5.41) is 0. The van der Waals surface area contributed by atoms with Gasteiger partial charge in [-0.1, -0.05) is 0 Å². The molecule has 0 atom stereocenters. The molecule has 0 spiro atoms. The number of ether oxygens (including phenoxy) is 2. The van der Waals surface area contributed by atoms with Gasteiger partial charge in [-0.15, -0.1) is 0 Å². The molecular formula is C22H29N2O3+. The molecule has 4 bridgehead atoms. The van der Waals surface area contributed by atoms with E-state index in [2.05, 4.69) is 0 Å². The van der Waals surface area contributed by atoms with Crippen LogP contribution in [0.15, 0.2) is 18.2 Å². The monoisotopic (exact) mass is 369 g/mol. The highest BCUT2D eigenvalue weighted by molar-refractivity contribution is 5.95. The van der Waals surface area contributed by atoms with Crippen LogP contribution in [0.4, 0.5) is 0 Å². The lowest BCUT2D eigenvalue weighted by molar-refractivity contribution is -0.962. The summed E-state index contributed by atoms with van der Waals surface area (Å²) >= 11 is 0. The maximum Gasteiger partial charge on any atom is 0.254 e. The van der Waals surface area contributed by atoms with E-state index >= 15 is 0 Å². The van der Waals surface area contributed by atoms with E-state index in [1.54, 1.807) is 4.90 Å². The highest BCUT2D eigenvalue weighted by Gasteiger charge is 2.56. The van der Waals surface area contributed by atoms with Gasteiger partial charge in [-0.2, -0.15) is 0 Å². The molecule has 4 aliphatic carbocycles. The Labute approximate surface area is 160 Å². The average molecular weight is 369 g/mol. The molecule has 7 rings (SSSR count). The molecular weight excluding hydrogens is 340 g/mol. The minimum Gasteiger partial charge on any atom is -0.454 e. The molecule has 1 aromatic rings. The largest absolute Gasteiger partial charge is 0.454 e. The summed E-state index contributed by atoms with van der Waals surface area (Å²) in [5.41, 5.74) is 1.26. The third-order valence-electron chi connectivity index (χ3n) is 8.06. The van der Waals surface area contributed by atoms with Crippen LogP contribution in [0.25, 0.3) is 0 Å². The molecule has 144 valence electrons. The fourth-order valence-electron chi connectivity index (χ4n) is 7.27. The molecule has 1 N–H and O–H groups in total. The quantitative estimate of drug-likeness (QED) is 0.863. The van der Waals surface area contributed by atoms with Crippen molar-refractivity contribution in [1.82, 2.24) is 4.90 Å². The summed E-state index contributed by atoms with van der Waals surface area (Å²) in [6.07, 6.45) is 8.85. The third kappa shape index (κ3) is 2.58. The van der Waals surface area contributed by atoms with Gasteiger partial charge in [0.2, 0.25) is 6.79 Å². The van der Waals surface area contributed by atoms with Crippen LogP contribution in [-0.4, -0.2) is 49.3 Å². The maximum absolute atomic E-state index is 13.0. The second-order valence-electron chi connectivity index (χ2n) is 9.66. The second-order valence-corrected chi connectivity index (χ2v) is 9.66. The van der Waals surface area contributed by atoms with Crippen molar-refractivity contribution in [3.8, 4) is 11.5 Å². The van der Waals surface area contributed by atoms with E-state index in [9.17, 15) is 4.79 Å². The van der Waals surface area contributed by atoms with Gasteiger partial charge in [0.15, 0.2) is 11.5 Å². The van der Waals surface area contributed by atoms with Gasteiger partial charge < -0.3 is 19.3 Å². The second kappa shape index (κ2) is 5.87. The highest BCUT2D eigenvalue weighted by Crippen LogP contribution is 2.54. The number of fused-ring (bicyclic) bond motifs is 1.